The van der Waals surface area contributed by atoms with Crippen molar-refractivity contribution in [2.75, 3.05) is 6.26 Å². The molecule has 2 aromatic rings. The number of halogens is 4. The summed E-state index contributed by atoms with van der Waals surface area (Å²) in [7, 11) is -1.04. The van der Waals surface area contributed by atoms with Gasteiger partial charge in [0.15, 0.2) is 0 Å². The van der Waals surface area contributed by atoms with E-state index in [4.69, 9.17) is 11.6 Å². The van der Waals surface area contributed by atoms with Crippen LogP contribution in [0.25, 0.3) is 11.0 Å². The van der Waals surface area contributed by atoms with Crippen LogP contribution in [0.3, 0.4) is 0 Å². The summed E-state index contributed by atoms with van der Waals surface area (Å²) in [5.74, 6) is 0.558. The Morgan fingerprint density at radius 3 is 2.62 bits per heavy atom. The van der Waals surface area contributed by atoms with Crippen molar-refractivity contribution in [2.24, 2.45) is 0 Å². The summed E-state index contributed by atoms with van der Waals surface area (Å²) in [5.41, 5.74) is 0.0680. The fraction of sp³-hybridized carbons (Fsp3) is 0.462. The molecular formula is C13H14ClF3N2OS. The molecule has 2 unspecified atom stereocenters. The molecule has 0 radical (unpaired) electrons. The number of aromatic nitrogens is 2. The van der Waals surface area contributed by atoms with E-state index in [-0.39, 0.29) is 16.6 Å². The molecule has 0 aliphatic heterocycles. The summed E-state index contributed by atoms with van der Waals surface area (Å²) in [6.45, 7) is 2.21. The molecule has 2 rings (SSSR count). The van der Waals surface area contributed by atoms with Gasteiger partial charge in [-0.15, -0.1) is 11.6 Å². The van der Waals surface area contributed by atoms with E-state index in [2.05, 4.69) is 4.98 Å². The first-order chi connectivity index (χ1) is 9.74. The summed E-state index contributed by atoms with van der Waals surface area (Å²) < 4.78 is 51.4. The van der Waals surface area contributed by atoms with Crippen LogP contribution in [0.5, 0.6) is 0 Å². The molecule has 1 aromatic carbocycles. The molecule has 8 heteroatoms. The van der Waals surface area contributed by atoms with Gasteiger partial charge in [-0.2, -0.15) is 13.2 Å². The minimum absolute atomic E-state index is 0.0824. The van der Waals surface area contributed by atoms with Gasteiger partial charge in [0, 0.05) is 28.9 Å². The molecule has 0 amide bonds. The summed E-state index contributed by atoms with van der Waals surface area (Å²) in [4.78, 5) is 4.15. The zero-order valence-electron chi connectivity index (χ0n) is 11.4. The third-order valence-electron chi connectivity index (χ3n) is 3.28. The lowest BCUT2D eigenvalue weighted by Gasteiger charge is -2.13. The van der Waals surface area contributed by atoms with Crippen LogP contribution in [0.1, 0.15) is 18.3 Å². The lowest BCUT2D eigenvalue weighted by atomic mass is 10.2. The van der Waals surface area contributed by atoms with Crippen molar-refractivity contribution in [1.82, 2.24) is 9.55 Å². The Morgan fingerprint density at radius 2 is 2.10 bits per heavy atom. The molecule has 1 heterocycles. The standard InChI is InChI=1S/C13H14ClF3N2OS/c1-8(21(2)20)7-19-11-4-3-9(13(15,16)17)5-10(11)18-12(19)6-14/h3-5,8H,6-7H2,1-2H3. The second-order valence-electron chi connectivity index (χ2n) is 4.78. The molecule has 0 fully saturated rings. The predicted molar refractivity (Wildman–Crippen MR) is 77.8 cm³/mol. The van der Waals surface area contributed by atoms with Gasteiger partial charge in [-0.1, -0.05) is 0 Å². The number of benzene rings is 1. The van der Waals surface area contributed by atoms with Crippen LogP contribution in [0.15, 0.2) is 18.2 Å². The number of imidazole rings is 1. The van der Waals surface area contributed by atoms with E-state index < -0.39 is 22.5 Å². The van der Waals surface area contributed by atoms with Gasteiger partial charge < -0.3 is 4.57 Å². The van der Waals surface area contributed by atoms with Gasteiger partial charge in [0.25, 0.3) is 0 Å². The molecule has 3 nitrogen and oxygen atoms in total. The highest BCUT2D eigenvalue weighted by molar-refractivity contribution is 7.84. The summed E-state index contributed by atoms with van der Waals surface area (Å²) in [6.07, 6.45) is -2.82. The second-order valence-corrected chi connectivity index (χ2v) is 6.85. The molecule has 0 aliphatic carbocycles. The zero-order chi connectivity index (χ0) is 15.8. The van der Waals surface area contributed by atoms with Crippen LogP contribution >= 0.6 is 11.6 Å². The van der Waals surface area contributed by atoms with Crippen LogP contribution < -0.4 is 0 Å². The normalized spacial score (nSPS) is 15.3. The lowest BCUT2D eigenvalue weighted by Crippen LogP contribution is -2.18. The third kappa shape index (κ3) is 3.40. The monoisotopic (exact) mass is 338 g/mol. The number of hydrogen-bond donors (Lipinski definition) is 0. The van der Waals surface area contributed by atoms with E-state index in [9.17, 15) is 17.4 Å². The molecule has 0 N–H and O–H groups in total. The zero-order valence-corrected chi connectivity index (χ0v) is 13.0. The van der Waals surface area contributed by atoms with Crippen LogP contribution in [0, 0.1) is 0 Å². The van der Waals surface area contributed by atoms with Gasteiger partial charge in [0.05, 0.1) is 22.5 Å². The molecule has 21 heavy (non-hydrogen) atoms. The Bertz CT molecular complexity index is 684. The highest BCUT2D eigenvalue weighted by Crippen LogP contribution is 2.31. The van der Waals surface area contributed by atoms with Gasteiger partial charge in [0.1, 0.15) is 5.82 Å². The lowest BCUT2D eigenvalue weighted by molar-refractivity contribution is -0.137. The predicted octanol–water partition coefficient (Wildman–Crippen LogP) is 3.56. The van der Waals surface area contributed by atoms with Gasteiger partial charge in [-0.05, 0) is 25.1 Å². The number of rotatable bonds is 4. The fourth-order valence-electron chi connectivity index (χ4n) is 2.02. The molecule has 0 bridgehead atoms. The maximum absolute atomic E-state index is 12.7. The van der Waals surface area contributed by atoms with Gasteiger partial charge >= 0.3 is 6.18 Å². The third-order valence-corrected chi connectivity index (χ3v) is 4.80. The maximum Gasteiger partial charge on any atom is 0.416 e. The van der Waals surface area contributed by atoms with Gasteiger partial charge in [0.2, 0.25) is 0 Å². The molecule has 116 valence electrons. The van der Waals surface area contributed by atoms with E-state index >= 15 is 0 Å². The van der Waals surface area contributed by atoms with Gasteiger partial charge in [-0.3, -0.25) is 4.21 Å². The van der Waals surface area contributed by atoms with Crippen molar-refractivity contribution in [3.8, 4) is 0 Å². The summed E-state index contributed by atoms with van der Waals surface area (Å²) in [6, 6.07) is 3.41. The number of hydrogen-bond acceptors (Lipinski definition) is 2. The first kappa shape index (κ1) is 16.3. The minimum atomic E-state index is -4.41. The quantitative estimate of drug-likeness (QED) is 0.799. The average molecular weight is 339 g/mol. The Kier molecular flexibility index (Phi) is 4.63. The molecule has 0 saturated carbocycles. The van der Waals surface area contributed by atoms with E-state index in [1.165, 1.54) is 6.07 Å². The maximum atomic E-state index is 12.7. The first-order valence-corrected chi connectivity index (χ1v) is 8.34. The van der Waals surface area contributed by atoms with E-state index in [1.807, 2.05) is 6.92 Å². The van der Waals surface area contributed by atoms with Crippen molar-refractivity contribution in [3.63, 3.8) is 0 Å². The Balaban J connectivity index is 2.52. The second kappa shape index (κ2) is 5.96. The van der Waals surface area contributed by atoms with Crippen LogP contribution in [0.4, 0.5) is 13.2 Å². The molecule has 2 atom stereocenters. The molecule has 0 spiro atoms. The molecular weight excluding hydrogens is 325 g/mol. The van der Waals surface area contributed by atoms with Crippen molar-refractivity contribution >= 4 is 33.4 Å². The van der Waals surface area contributed by atoms with Crippen LogP contribution in [-0.2, 0) is 29.4 Å². The van der Waals surface area contributed by atoms with Crippen molar-refractivity contribution < 1.29 is 17.4 Å². The Hall–Kier alpha value is -1.08. The number of nitrogens with zero attached hydrogens (tertiary/aromatic N) is 2. The summed E-state index contributed by atoms with van der Waals surface area (Å²) in [5, 5.41) is -0.147. The topological polar surface area (TPSA) is 34.9 Å². The van der Waals surface area contributed by atoms with Crippen molar-refractivity contribution in [1.29, 1.82) is 0 Å². The summed E-state index contributed by atoms with van der Waals surface area (Å²) >= 11 is 5.81. The van der Waals surface area contributed by atoms with E-state index in [0.29, 0.717) is 17.9 Å². The highest BCUT2D eigenvalue weighted by Gasteiger charge is 2.31. The van der Waals surface area contributed by atoms with Gasteiger partial charge in [-0.25, -0.2) is 4.98 Å². The van der Waals surface area contributed by atoms with E-state index in [0.717, 1.165) is 12.1 Å². The SMILES string of the molecule is CC(Cn1c(CCl)nc2cc(C(F)(F)F)ccc21)S(C)=O. The largest absolute Gasteiger partial charge is 0.416 e. The molecule has 1 aromatic heterocycles. The molecule has 0 saturated heterocycles. The first-order valence-electron chi connectivity index (χ1n) is 6.18. The fourth-order valence-corrected chi connectivity index (χ4v) is 2.59. The number of fused-ring (bicyclic) bond motifs is 1. The Labute approximate surface area is 127 Å². The van der Waals surface area contributed by atoms with E-state index in [1.54, 1.807) is 10.8 Å². The van der Waals surface area contributed by atoms with Crippen LogP contribution in [-0.4, -0.2) is 25.3 Å². The van der Waals surface area contributed by atoms with Crippen molar-refractivity contribution in [2.45, 2.75) is 30.8 Å². The van der Waals surface area contributed by atoms with Crippen molar-refractivity contribution in [3.05, 3.63) is 29.6 Å². The number of alkyl halides is 4. The smallest absolute Gasteiger partial charge is 0.326 e. The average Bonchev–Trinajstić information content (AvgIpc) is 2.75. The molecule has 0 aliphatic rings. The van der Waals surface area contributed by atoms with Crippen LogP contribution in [0.2, 0.25) is 0 Å². The Morgan fingerprint density at radius 1 is 1.43 bits per heavy atom. The minimum Gasteiger partial charge on any atom is -0.326 e. The highest BCUT2D eigenvalue weighted by atomic mass is 35.5.